The second-order valence-electron chi connectivity index (χ2n) is 5.47. The van der Waals surface area contributed by atoms with Crippen LogP contribution in [0.25, 0.3) is 0 Å². The van der Waals surface area contributed by atoms with E-state index in [1.54, 1.807) is 47.4 Å². The number of hydrogen-bond acceptors (Lipinski definition) is 3. The van der Waals surface area contributed by atoms with Gasteiger partial charge in [0.25, 0.3) is 5.91 Å². The van der Waals surface area contributed by atoms with E-state index >= 15 is 0 Å². The Kier molecular flexibility index (Phi) is 6.83. The zero-order valence-electron chi connectivity index (χ0n) is 14.4. The zero-order valence-corrected chi connectivity index (χ0v) is 15.1. The maximum absolute atomic E-state index is 12.4. The lowest BCUT2D eigenvalue weighted by molar-refractivity contribution is -0.114. The van der Waals surface area contributed by atoms with Crippen LogP contribution in [0.4, 0.5) is 11.4 Å². The number of halogens is 1. The summed E-state index contributed by atoms with van der Waals surface area (Å²) in [6.07, 6.45) is 0. The zero-order chi connectivity index (χ0) is 18.2. The molecule has 2 aromatic carbocycles. The lowest BCUT2D eigenvalue weighted by Gasteiger charge is -2.19. The molecule has 132 valence electrons. The third kappa shape index (κ3) is 5.50. The normalized spacial score (nSPS) is 10.2. The number of amides is 2. The first kappa shape index (κ1) is 18.8. The smallest absolute Gasteiger partial charge is 0.253 e. The summed E-state index contributed by atoms with van der Waals surface area (Å²) in [4.78, 5) is 26.1. The Morgan fingerprint density at radius 3 is 2.32 bits per heavy atom. The number of carbonyl (C=O) groups excluding carboxylic acids is 2. The minimum atomic E-state index is -0.178. The van der Waals surface area contributed by atoms with E-state index in [2.05, 4.69) is 10.6 Å². The van der Waals surface area contributed by atoms with E-state index in [1.807, 2.05) is 19.9 Å². The van der Waals surface area contributed by atoms with Crippen LogP contribution < -0.4 is 10.6 Å². The molecule has 0 fully saturated rings. The quantitative estimate of drug-likeness (QED) is 0.788. The monoisotopic (exact) mass is 359 g/mol. The lowest BCUT2D eigenvalue weighted by Crippen LogP contribution is -2.30. The maximum atomic E-state index is 12.4. The van der Waals surface area contributed by atoms with Crippen molar-refractivity contribution in [2.24, 2.45) is 0 Å². The Hall–Kier alpha value is -2.53. The summed E-state index contributed by atoms with van der Waals surface area (Å²) < 4.78 is 0. The van der Waals surface area contributed by atoms with Crippen LogP contribution in [0.15, 0.2) is 48.5 Å². The highest BCUT2D eigenvalue weighted by Gasteiger charge is 2.12. The molecule has 0 radical (unpaired) electrons. The van der Waals surface area contributed by atoms with E-state index < -0.39 is 0 Å². The largest absolute Gasteiger partial charge is 0.376 e. The summed E-state index contributed by atoms with van der Waals surface area (Å²) >= 11 is 5.82. The number of anilines is 2. The third-order valence-electron chi connectivity index (χ3n) is 3.74. The molecule has 0 aliphatic carbocycles. The van der Waals surface area contributed by atoms with E-state index in [0.29, 0.717) is 29.4 Å². The Morgan fingerprint density at radius 1 is 1.00 bits per heavy atom. The molecule has 0 spiro atoms. The van der Waals surface area contributed by atoms with Gasteiger partial charge in [0.15, 0.2) is 0 Å². The van der Waals surface area contributed by atoms with E-state index in [-0.39, 0.29) is 18.4 Å². The summed E-state index contributed by atoms with van der Waals surface area (Å²) in [5.41, 5.74) is 2.01. The van der Waals surface area contributed by atoms with Gasteiger partial charge in [0.1, 0.15) is 0 Å². The maximum Gasteiger partial charge on any atom is 0.253 e. The fraction of sp³-hybridized carbons (Fsp3) is 0.263. The number of nitrogens with one attached hydrogen (secondary N) is 2. The molecule has 0 unspecified atom stereocenters. The fourth-order valence-corrected chi connectivity index (χ4v) is 2.50. The van der Waals surface area contributed by atoms with Gasteiger partial charge in [-0.3, -0.25) is 9.59 Å². The highest BCUT2D eigenvalue weighted by atomic mass is 35.5. The Labute approximate surface area is 153 Å². The van der Waals surface area contributed by atoms with E-state index in [4.69, 9.17) is 11.6 Å². The summed E-state index contributed by atoms with van der Waals surface area (Å²) in [7, 11) is 0. The van der Waals surface area contributed by atoms with Crippen molar-refractivity contribution in [1.82, 2.24) is 4.90 Å². The number of hydrogen-bond donors (Lipinski definition) is 2. The molecule has 6 heteroatoms. The van der Waals surface area contributed by atoms with E-state index in [9.17, 15) is 9.59 Å². The van der Waals surface area contributed by atoms with Crippen molar-refractivity contribution in [3.63, 3.8) is 0 Å². The average molecular weight is 360 g/mol. The predicted molar refractivity (Wildman–Crippen MR) is 102 cm³/mol. The first-order chi connectivity index (χ1) is 12.0. The standard InChI is InChI=1S/C19H22ClN3O2/c1-3-23(4-2)19(25)14-6-5-7-17(12-14)21-13-18(24)22-16-10-8-15(20)9-11-16/h5-12,21H,3-4,13H2,1-2H3,(H,22,24). The van der Waals surface area contributed by atoms with Crippen LogP contribution in [-0.4, -0.2) is 36.3 Å². The molecule has 2 aromatic rings. The van der Waals surface area contributed by atoms with Crippen LogP contribution in [0.5, 0.6) is 0 Å². The third-order valence-corrected chi connectivity index (χ3v) is 3.99. The van der Waals surface area contributed by atoms with Crippen molar-refractivity contribution in [1.29, 1.82) is 0 Å². The number of nitrogens with zero attached hydrogens (tertiary/aromatic N) is 1. The molecule has 0 saturated carbocycles. The molecule has 25 heavy (non-hydrogen) atoms. The average Bonchev–Trinajstić information content (AvgIpc) is 2.63. The Balaban J connectivity index is 1.94. The van der Waals surface area contributed by atoms with Crippen molar-refractivity contribution in [3.05, 3.63) is 59.1 Å². The van der Waals surface area contributed by atoms with Gasteiger partial charge in [0.2, 0.25) is 5.91 Å². The van der Waals surface area contributed by atoms with Gasteiger partial charge in [-0.1, -0.05) is 17.7 Å². The lowest BCUT2D eigenvalue weighted by atomic mass is 10.1. The molecule has 2 rings (SSSR count). The van der Waals surface area contributed by atoms with Gasteiger partial charge < -0.3 is 15.5 Å². The van der Waals surface area contributed by atoms with Gasteiger partial charge in [-0.25, -0.2) is 0 Å². The second-order valence-corrected chi connectivity index (χ2v) is 5.90. The summed E-state index contributed by atoms with van der Waals surface area (Å²) in [6, 6.07) is 14.1. The number of rotatable bonds is 7. The van der Waals surface area contributed by atoms with E-state index in [1.165, 1.54) is 0 Å². The molecule has 0 aromatic heterocycles. The van der Waals surface area contributed by atoms with Gasteiger partial charge in [0.05, 0.1) is 6.54 Å². The van der Waals surface area contributed by atoms with Crippen LogP contribution in [-0.2, 0) is 4.79 Å². The molecule has 0 heterocycles. The van der Waals surface area contributed by atoms with Gasteiger partial charge in [-0.15, -0.1) is 0 Å². The summed E-state index contributed by atoms with van der Waals surface area (Å²) in [5, 5.41) is 6.43. The number of carbonyl (C=O) groups is 2. The minimum absolute atomic E-state index is 0.0146. The van der Waals surface area contributed by atoms with Gasteiger partial charge in [-0.05, 0) is 56.3 Å². The Morgan fingerprint density at radius 2 is 1.68 bits per heavy atom. The van der Waals surface area contributed by atoms with Gasteiger partial charge >= 0.3 is 0 Å². The van der Waals surface area contributed by atoms with Crippen molar-refractivity contribution >= 4 is 34.8 Å². The molecular weight excluding hydrogens is 338 g/mol. The molecule has 0 atom stereocenters. The van der Waals surface area contributed by atoms with Crippen molar-refractivity contribution in [2.45, 2.75) is 13.8 Å². The number of benzene rings is 2. The molecule has 0 aliphatic rings. The summed E-state index contributed by atoms with van der Waals surface area (Å²) in [5.74, 6) is -0.193. The highest BCUT2D eigenvalue weighted by Crippen LogP contribution is 2.14. The fourth-order valence-electron chi connectivity index (χ4n) is 2.38. The van der Waals surface area contributed by atoms with Gasteiger partial charge in [-0.2, -0.15) is 0 Å². The molecule has 5 nitrogen and oxygen atoms in total. The first-order valence-corrected chi connectivity index (χ1v) is 8.60. The van der Waals surface area contributed by atoms with Crippen LogP contribution in [0.1, 0.15) is 24.2 Å². The summed E-state index contributed by atoms with van der Waals surface area (Å²) in [6.45, 7) is 5.33. The predicted octanol–water partition coefficient (Wildman–Crippen LogP) is 3.87. The second kappa shape index (κ2) is 9.08. The van der Waals surface area contributed by atoms with Crippen LogP contribution in [0, 0.1) is 0 Å². The minimum Gasteiger partial charge on any atom is -0.376 e. The SMILES string of the molecule is CCN(CC)C(=O)c1cccc(NCC(=O)Nc2ccc(Cl)cc2)c1. The molecular formula is C19H22ClN3O2. The van der Waals surface area contributed by atoms with Gasteiger partial charge in [0, 0.05) is 35.1 Å². The molecule has 0 aliphatic heterocycles. The highest BCUT2D eigenvalue weighted by molar-refractivity contribution is 6.30. The molecule has 0 bridgehead atoms. The van der Waals surface area contributed by atoms with Crippen LogP contribution >= 0.6 is 11.6 Å². The topological polar surface area (TPSA) is 61.4 Å². The van der Waals surface area contributed by atoms with Crippen molar-refractivity contribution < 1.29 is 9.59 Å². The molecule has 0 saturated heterocycles. The first-order valence-electron chi connectivity index (χ1n) is 8.22. The molecule has 2 amide bonds. The molecule has 2 N–H and O–H groups in total. The Bertz CT molecular complexity index is 728. The van der Waals surface area contributed by atoms with Crippen molar-refractivity contribution in [3.8, 4) is 0 Å². The van der Waals surface area contributed by atoms with Crippen LogP contribution in [0.3, 0.4) is 0 Å². The van der Waals surface area contributed by atoms with E-state index in [0.717, 1.165) is 5.69 Å². The van der Waals surface area contributed by atoms with Crippen LogP contribution in [0.2, 0.25) is 5.02 Å². The van der Waals surface area contributed by atoms with Crippen molar-refractivity contribution in [2.75, 3.05) is 30.3 Å².